The van der Waals surface area contributed by atoms with Crippen LogP contribution in [0.25, 0.3) is 0 Å². The van der Waals surface area contributed by atoms with Crippen LogP contribution in [0.15, 0.2) is 0 Å². The van der Waals surface area contributed by atoms with Gasteiger partial charge < -0.3 is 15.8 Å². The molecular weight excluding hydrogens is 192 g/mol. The van der Waals surface area contributed by atoms with Gasteiger partial charge in [-0.3, -0.25) is 4.79 Å². The molecule has 1 amide bonds. The van der Waals surface area contributed by atoms with Crippen LogP contribution in [0.4, 0.5) is 0 Å². The van der Waals surface area contributed by atoms with Crippen LogP contribution in [-0.2, 0) is 9.53 Å². The number of rotatable bonds is 6. The summed E-state index contributed by atoms with van der Waals surface area (Å²) < 4.78 is 5.59. The number of primary amides is 1. The Balaban J connectivity index is 2.17. The molecule has 0 saturated carbocycles. The maximum absolute atomic E-state index is 10.8. The first-order valence-electron chi connectivity index (χ1n) is 5.76. The van der Waals surface area contributed by atoms with Crippen LogP contribution in [0.5, 0.6) is 0 Å². The summed E-state index contributed by atoms with van der Waals surface area (Å²) in [7, 11) is 0. The van der Waals surface area contributed by atoms with E-state index in [2.05, 4.69) is 12.2 Å². The van der Waals surface area contributed by atoms with Gasteiger partial charge in [-0.05, 0) is 18.8 Å². The number of nitrogens with two attached hydrogens (primary N) is 1. The molecule has 88 valence electrons. The standard InChI is InChI=1S/C11H22N2O2/c1-3-10-9(4-5-15-10)7-13-6-8(2)11(12)14/h8-10,13H,3-7H2,1-2H3,(H2,12,14). The molecule has 3 N–H and O–H groups in total. The zero-order chi connectivity index (χ0) is 11.3. The molecule has 3 atom stereocenters. The molecule has 0 aromatic rings. The fraction of sp³-hybridized carbons (Fsp3) is 0.909. The van der Waals surface area contributed by atoms with Gasteiger partial charge in [-0.2, -0.15) is 0 Å². The second kappa shape index (κ2) is 6.08. The molecule has 0 spiro atoms. The number of hydrogen-bond acceptors (Lipinski definition) is 3. The highest BCUT2D eigenvalue weighted by molar-refractivity contribution is 5.76. The minimum Gasteiger partial charge on any atom is -0.378 e. The number of ether oxygens (including phenoxy) is 1. The van der Waals surface area contributed by atoms with Crippen molar-refractivity contribution in [1.29, 1.82) is 0 Å². The molecule has 0 aromatic heterocycles. The molecule has 4 heteroatoms. The Labute approximate surface area is 91.5 Å². The fourth-order valence-electron chi connectivity index (χ4n) is 1.96. The molecule has 4 nitrogen and oxygen atoms in total. The fourth-order valence-corrected chi connectivity index (χ4v) is 1.96. The maximum Gasteiger partial charge on any atom is 0.221 e. The topological polar surface area (TPSA) is 64.3 Å². The molecule has 1 heterocycles. The Morgan fingerprint density at radius 1 is 1.67 bits per heavy atom. The zero-order valence-electron chi connectivity index (χ0n) is 9.66. The summed E-state index contributed by atoms with van der Waals surface area (Å²) in [5, 5.41) is 3.29. The number of hydrogen-bond donors (Lipinski definition) is 2. The average molecular weight is 214 g/mol. The van der Waals surface area contributed by atoms with E-state index in [-0.39, 0.29) is 11.8 Å². The van der Waals surface area contributed by atoms with Crippen molar-refractivity contribution >= 4 is 5.91 Å². The van der Waals surface area contributed by atoms with Gasteiger partial charge in [0.1, 0.15) is 0 Å². The molecular formula is C11H22N2O2. The van der Waals surface area contributed by atoms with E-state index < -0.39 is 0 Å². The van der Waals surface area contributed by atoms with Crippen molar-refractivity contribution in [2.24, 2.45) is 17.6 Å². The second-order valence-corrected chi connectivity index (χ2v) is 4.33. The summed E-state index contributed by atoms with van der Waals surface area (Å²) in [4.78, 5) is 10.8. The summed E-state index contributed by atoms with van der Waals surface area (Å²) in [5.74, 6) is 0.264. The summed E-state index contributed by atoms with van der Waals surface area (Å²) in [5.41, 5.74) is 5.18. The van der Waals surface area contributed by atoms with Crippen molar-refractivity contribution in [1.82, 2.24) is 5.32 Å². The molecule has 3 unspecified atom stereocenters. The van der Waals surface area contributed by atoms with Gasteiger partial charge in [0, 0.05) is 25.6 Å². The highest BCUT2D eigenvalue weighted by Gasteiger charge is 2.26. The minimum atomic E-state index is -0.239. The third-order valence-electron chi connectivity index (χ3n) is 3.09. The number of amides is 1. The van der Waals surface area contributed by atoms with E-state index in [1.54, 1.807) is 0 Å². The van der Waals surface area contributed by atoms with Gasteiger partial charge in [0.05, 0.1) is 6.10 Å². The molecule has 0 radical (unpaired) electrons. The van der Waals surface area contributed by atoms with E-state index in [1.807, 2.05) is 6.92 Å². The van der Waals surface area contributed by atoms with Crippen LogP contribution in [0.3, 0.4) is 0 Å². The molecule has 0 bridgehead atoms. The Bertz CT molecular complexity index is 209. The van der Waals surface area contributed by atoms with Crippen LogP contribution < -0.4 is 11.1 Å². The van der Waals surface area contributed by atoms with E-state index in [0.717, 1.165) is 26.0 Å². The third kappa shape index (κ3) is 3.80. The van der Waals surface area contributed by atoms with Crippen molar-refractivity contribution in [2.45, 2.75) is 32.8 Å². The summed E-state index contributed by atoms with van der Waals surface area (Å²) in [6, 6.07) is 0. The quantitative estimate of drug-likeness (QED) is 0.677. The molecule has 0 aromatic carbocycles. The average Bonchev–Trinajstić information content (AvgIpc) is 2.65. The Hall–Kier alpha value is -0.610. The molecule has 1 fully saturated rings. The SMILES string of the molecule is CCC1OCCC1CNCC(C)C(N)=O. The van der Waals surface area contributed by atoms with Crippen LogP contribution in [-0.4, -0.2) is 31.7 Å². The Morgan fingerprint density at radius 2 is 2.40 bits per heavy atom. The minimum absolute atomic E-state index is 0.0904. The lowest BCUT2D eigenvalue weighted by Crippen LogP contribution is -2.35. The van der Waals surface area contributed by atoms with Gasteiger partial charge >= 0.3 is 0 Å². The third-order valence-corrected chi connectivity index (χ3v) is 3.09. The van der Waals surface area contributed by atoms with Crippen molar-refractivity contribution in [2.75, 3.05) is 19.7 Å². The lowest BCUT2D eigenvalue weighted by atomic mass is 9.99. The Morgan fingerprint density at radius 3 is 3.00 bits per heavy atom. The molecule has 1 aliphatic heterocycles. The first kappa shape index (κ1) is 12.5. The zero-order valence-corrected chi connectivity index (χ0v) is 9.66. The van der Waals surface area contributed by atoms with E-state index in [4.69, 9.17) is 10.5 Å². The first-order valence-corrected chi connectivity index (χ1v) is 5.76. The predicted molar refractivity (Wildman–Crippen MR) is 59.4 cm³/mol. The van der Waals surface area contributed by atoms with Crippen molar-refractivity contribution in [3.8, 4) is 0 Å². The second-order valence-electron chi connectivity index (χ2n) is 4.33. The molecule has 1 saturated heterocycles. The smallest absolute Gasteiger partial charge is 0.221 e. The summed E-state index contributed by atoms with van der Waals surface area (Å²) in [6.07, 6.45) is 2.58. The Kier molecular flexibility index (Phi) is 5.05. The maximum atomic E-state index is 10.8. The van der Waals surface area contributed by atoms with Crippen molar-refractivity contribution in [3.05, 3.63) is 0 Å². The van der Waals surface area contributed by atoms with E-state index in [9.17, 15) is 4.79 Å². The number of carbonyl (C=O) groups excluding carboxylic acids is 1. The number of carbonyl (C=O) groups is 1. The van der Waals surface area contributed by atoms with E-state index >= 15 is 0 Å². The van der Waals surface area contributed by atoms with E-state index in [1.165, 1.54) is 0 Å². The van der Waals surface area contributed by atoms with Crippen LogP contribution in [0.1, 0.15) is 26.7 Å². The number of nitrogens with one attached hydrogen (secondary N) is 1. The molecule has 1 aliphatic rings. The van der Waals surface area contributed by atoms with Crippen molar-refractivity contribution in [3.63, 3.8) is 0 Å². The van der Waals surface area contributed by atoms with Crippen molar-refractivity contribution < 1.29 is 9.53 Å². The van der Waals surface area contributed by atoms with Crippen LogP contribution in [0, 0.1) is 11.8 Å². The van der Waals surface area contributed by atoms with E-state index in [0.29, 0.717) is 18.6 Å². The normalized spacial score (nSPS) is 27.9. The highest BCUT2D eigenvalue weighted by atomic mass is 16.5. The summed E-state index contributed by atoms with van der Waals surface area (Å²) in [6.45, 7) is 6.46. The first-order chi connectivity index (χ1) is 7.15. The largest absolute Gasteiger partial charge is 0.378 e. The molecule has 15 heavy (non-hydrogen) atoms. The van der Waals surface area contributed by atoms with Gasteiger partial charge in [-0.1, -0.05) is 13.8 Å². The van der Waals surface area contributed by atoms with Crippen LogP contribution >= 0.6 is 0 Å². The van der Waals surface area contributed by atoms with Gasteiger partial charge in [0.25, 0.3) is 0 Å². The lowest BCUT2D eigenvalue weighted by molar-refractivity contribution is -0.121. The molecule has 0 aliphatic carbocycles. The van der Waals surface area contributed by atoms with Crippen LogP contribution in [0.2, 0.25) is 0 Å². The van der Waals surface area contributed by atoms with Gasteiger partial charge in [-0.25, -0.2) is 0 Å². The van der Waals surface area contributed by atoms with Gasteiger partial charge in [0.2, 0.25) is 5.91 Å². The predicted octanol–water partition coefficient (Wildman–Crippen LogP) is 0.513. The summed E-state index contributed by atoms with van der Waals surface area (Å²) >= 11 is 0. The monoisotopic (exact) mass is 214 g/mol. The van der Waals surface area contributed by atoms with Gasteiger partial charge in [-0.15, -0.1) is 0 Å². The lowest BCUT2D eigenvalue weighted by Gasteiger charge is -2.18. The molecule has 1 rings (SSSR count). The highest BCUT2D eigenvalue weighted by Crippen LogP contribution is 2.22. The van der Waals surface area contributed by atoms with Gasteiger partial charge in [0.15, 0.2) is 0 Å².